The van der Waals surface area contributed by atoms with E-state index in [9.17, 15) is 9.59 Å². The van der Waals surface area contributed by atoms with Gasteiger partial charge in [-0.15, -0.1) is 0 Å². The fourth-order valence-corrected chi connectivity index (χ4v) is 2.34. The number of esters is 2. The molecule has 0 radical (unpaired) electrons. The summed E-state index contributed by atoms with van der Waals surface area (Å²) in [6.07, 6.45) is 3.11. The second kappa shape index (κ2) is 4.90. The Morgan fingerprint density at radius 1 is 1.05 bits per heavy atom. The Hall–Kier alpha value is -2.89. The summed E-state index contributed by atoms with van der Waals surface area (Å²) in [6.45, 7) is 0. The van der Waals surface area contributed by atoms with Crippen molar-refractivity contribution in [2.75, 3.05) is 14.2 Å². The number of methoxy groups -OCH3 is 2. The van der Waals surface area contributed by atoms with E-state index < -0.39 is 11.9 Å². The van der Waals surface area contributed by atoms with E-state index in [-0.39, 0.29) is 11.1 Å². The molecular weight excluding hydrogens is 272 g/mol. The minimum atomic E-state index is -0.602. The minimum Gasteiger partial charge on any atom is -0.465 e. The van der Waals surface area contributed by atoms with Crippen molar-refractivity contribution in [1.82, 2.24) is 9.38 Å². The molecule has 0 saturated heterocycles. The van der Waals surface area contributed by atoms with E-state index >= 15 is 0 Å². The third kappa shape index (κ3) is 1.92. The Bertz CT molecular complexity index is 867. The number of ether oxygens (including phenoxy) is 2. The van der Waals surface area contributed by atoms with Crippen LogP contribution in [0.2, 0.25) is 0 Å². The molecule has 2 aromatic heterocycles. The topological polar surface area (TPSA) is 69.9 Å². The lowest BCUT2D eigenvalue weighted by Crippen LogP contribution is -2.09. The van der Waals surface area contributed by atoms with Crippen molar-refractivity contribution in [3.8, 4) is 0 Å². The molecule has 3 aromatic rings. The summed E-state index contributed by atoms with van der Waals surface area (Å²) in [5.74, 6) is -1.20. The van der Waals surface area contributed by atoms with Gasteiger partial charge in [0.15, 0.2) is 0 Å². The molecule has 0 bridgehead atoms. The van der Waals surface area contributed by atoms with E-state index in [0.717, 1.165) is 11.0 Å². The molecule has 6 nitrogen and oxygen atoms in total. The van der Waals surface area contributed by atoms with Crippen LogP contribution in [-0.2, 0) is 9.47 Å². The van der Waals surface area contributed by atoms with E-state index in [2.05, 4.69) is 4.98 Å². The predicted molar refractivity (Wildman–Crippen MR) is 75.4 cm³/mol. The van der Waals surface area contributed by atoms with Crippen LogP contribution in [0.3, 0.4) is 0 Å². The molecule has 0 amide bonds. The number of nitrogens with zero attached hydrogens (tertiary/aromatic N) is 2. The van der Waals surface area contributed by atoms with Gasteiger partial charge in [-0.05, 0) is 12.1 Å². The van der Waals surface area contributed by atoms with Gasteiger partial charge in [0, 0.05) is 6.20 Å². The number of benzene rings is 1. The molecule has 0 saturated carbocycles. The second-order valence-electron chi connectivity index (χ2n) is 4.40. The van der Waals surface area contributed by atoms with Gasteiger partial charge in [0.2, 0.25) is 0 Å². The first-order valence-electron chi connectivity index (χ1n) is 6.22. The Morgan fingerprint density at radius 2 is 1.76 bits per heavy atom. The van der Waals surface area contributed by atoms with Crippen molar-refractivity contribution in [2.24, 2.45) is 0 Å². The molecule has 2 heterocycles. The third-order valence-electron chi connectivity index (χ3n) is 3.31. The van der Waals surface area contributed by atoms with Gasteiger partial charge in [-0.3, -0.25) is 4.98 Å². The number of fused-ring (bicyclic) bond motifs is 3. The summed E-state index contributed by atoms with van der Waals surface area (Å²) in [5, 5.41) is 0. The van der Waals surface area contributed by atoms with E-state index in [1.807, 2.05) is 24.3 Å². The van der Waals surface area contributed by atoms with Gasteiger partial charge >= 0.3 is 11.9 Å². The van der Waals surface area contributed by atoms with Gasteiger partial charge in [-0.25, -0.2) is 9.59 Å². The van der Waals surface area contributed by atoms with Gasteiger partial charge < -0.3 is 13.9 Å². The largest absolute Gasteiger partial charge is 0.465 e. The molecule has 0 unspecified atom stereocenters. The normalized spacial score (nSPS) is 10.8. The smallest absolute Gasteiger partial charge is 0.341 e. The average Bonchev–Trinajstić information content (AvgIpc) is 2.93. The Balaban J connectivity index is 2.43. The molecule has 6 heteroatoms. The summed E-state index contributed by atoms with van der Waals surface area (Å²) < 4.78 is 11.2. The zero-order valence-corrected chi connectivity index (χ0v) is 11.5. The molecule has 0 aliphatic carbocycles. The first-order chi connectivity index (χ1) is 10.2. The third-order valence-corrected chi connectivity index (χ3v) is 3.31. The monoisotopic (exact) mass is 284 g/mol. The maximum Gasteiger partial charge on any atom is 0.341 e. The number of rotatable bonds is 2. The quantitative estimate of drug-likeness (QED) is 0.674. The molecule has 0 spiro atoms. The van der Waals surface area contributed by atoms with Crippen LogP contribution in [0.25, 0.3) is 16.6 Å². The van der Waals surface area contributed by atoms with E-state index in [4.69, 9.17) is 9.47 Å². The zero-order chi connectivity index (χ0) is 15.0. The van der Waals surface area contributed by atoms with Crippen molar-refractivity contribution < 1.29 is 19.1 Å². The molecule has 21 heavy (non-hydrogen) atoms. The van der Waals surface area contributed by atoms with Crippen molar-refractivity contribution in [2.45, 2.75) is 0 Å². The summed E-state index contributed by atoms with van der Waals surface area (Å²) in [5.41, 5.74) is 2.36. The molecule has 0 N–H and O–H groups in total. The fraction of sp³-hybridized carbons (Fsp3) is 0.133. The van der Waals surface area contributed by atoms with Crippen LogP contribution >= 0.6 is 0 Å². The van der Waals surface area contributed by atoms with Crippen LogP contribution in [0.4, 0.5) is 0 Å². The molecular formula is C15H12N2O4. The van der Waals surface area contributed by atoms with E-state index in [0.29, 0.717) is 5.52 Å². The maximum absolute atomic E-state index is 12.0. The number of carbonyl (C=O) groups is 2. The summed E-state index contributed by atoms with van der Waals surface area (Å²) in [7, 11) is 2.53. The second-order valence-corrected chi connectivity index (χ2v) is 4.40. The first-order valence-corrected chi connectivity index (χ1v) is 6.22. The summed E-state index contributed by atoms with van der Waals surface area (Å²) in [6, 6.07) is 7.44. The van der Waals surface area contributed by atoms with Crippen molar-refractivity contribution in [3.05, 3.63) is 47.8 Å². The predicted octanol–water partition coefficient (Wildman–Crippen LogP) is 2.06. The minimum absolute atomic E-state index is 0.155. The molecule has 0 fully saturated rings. The fourth-order valence-electron chi connectivity index (χ4n) is 2.34. The highest BCUT2D eigenvalue weighted by molar-refractivity contribution is 6.09. The number of aromatic nitrogens is 2. The molecule has 106 valence electrons. The number of carbonyl (C=O) groups excluding carboxylic acids is 2. The van der Waals surface area contributed by atoms with Crippen LogP contribution in [-0.4, -0.2) is 35.5 Å². The summed E-state index contributed by atoms with van der Waals surface area (Å²) in [4.78, 5) is 28.2. The Morgan fingerprint density at radius 3 is 2.48 bits per heavy atom. The molecule has 3 rings (SSSR count). The van der Waals surface area contributed by atoms with E-state index in [1.165, 1.54) is 14.2 Å². The molecule has 0 aliphatic rings. The lowest BCUT2D eigenvalue weighted by molar-refractivity contribution is 0.0558. The lowest BCUT2D eigenvalue weighted by Gasteiger charge is -2.03. The average molecular weight is 284 g/mol. The number of para-hydroxylation sites is 2. The highest BCUT2D eigenvalue weighted by atomic mass is 16.5. The van der Waals surface area contributed by atoms with Crippen molar-refractivity contribution >= 4 is 28.5 Å². The van der Waals surface area contributed by atoms with Crippen molar-refractivity contribution in [3.63, 3.8) is 0 Å². The van der Waals surface area contributed by atoms with Crippen LogP contribution < -0.4 is 0 Å². The van der Waals surface area contributed by atoms with Crippen LogP contribution in [0.5, 0.6) is 0 Å². The van der Waals surface area contributed by atoms with Gasteiger partial charge in [0.1, 0.15) is 5.56 Å². The standard InChI is InChI=1S/C15H12N2O4/c1-20-14(18)9-8-17-11-6-4-3-5-10(11)16-7-12(17)13(9)15(19)21-2/h3-8H,1-2H3. The maximum atomic E-state index is 12.0. The van der Waals surface area contributed by atoms with Gasteiger partial charge in [-0.2, -0.15) is 0 Å². The highest BCUT2D eigenvalue weighted by Crippen LogP contribution is 2.24. The highest BCUT2D eigenvalue weighted by Gasteiger charge is 2.24. The first kappa shape index (κ1) is 13.1. The Labute approximate surface area is 119 Å². The van der Waals surface area contributed by atoms with Crippen molar-refractivity contribution in [1.29, 1.82) is 0 Å². The van der Waals surface area contributed by atoms with Gasteiger partial charge in [-0.1, -0.05) is 12.1 Å². The Kier molecular flexibility index (Phi) is 3.06. The molecule has 0 atom stereocenters. The molecule has 1 aromatic carbocycles. The SMILES string of the molecule is COC(=O)c1cn2c(cnc3ccccc32)c1C(=O)OC. The zero-order valence-electron chi connectivity index (χ0n) is 11.5. The van der Waals surface area contributed by atoms with Gasteiger partial charge in [0.05, 0.1) is 42.5 Å². The number of hydrogen-bond donors (Lipinski definition) is 0. The summed E-state index contributed by atoms with van der Waals surface area (Å²) >= 11 is 0. The molecule has 0 aliphatic heterocycles. The van der Waals surface area contributed by atoms with Crippen LogP contribution in [0.1, 0.15) is 20.7 Å². The van der Waals surface area contributed by atoms with Gasteiger partial charge in [0.25, 0.3) is 0 Å². The lowest BCUT2D eigenvalue weighted by atomic mass is 10.1. The van der Waals surface area contributed by atoms with Crippen LogP contribution in [0.15, 0.2) is 36.7 Å². The number of hydrogen-bond acceptors (Lipinski definition) is 5. The van der Waals surface area contributed by atoms with Crippen LogP contribution in [0, 0.1) is 0 Å². The van der Waals surface area contributed by atoms with E-state index in [1.54, 1.807) is 16.8 Å².